The van der Waals surface area contributed by atoms with Gasteiger partial charge < -0.3 is 26.7 Å². The van der Waals surface area contributed by atoms with Crippen LogP contribution in [0.5, 0.6) is 0 Å². The van der Waals surface area contributed by atoms with Crippen molar-refractivity contribution in [2.45, 2.75) is 50.6 Å². The second-order valence-electron chi connectivity index (χ2n) is 9.04. The number of aromatic nitrogens is 1. The molecule has 4 amide bonds. The zero-order valence-electron chi connectivity index (χ0n) is 18.5. The number of hydrogen-bond acceptors (Lipinski definition) is 4. The van der Waals surface area contributed by atoms with Crippen LogP contribution in [0.4, 0.5) is 0 Å². The van der Waals surface area contributed by atoms with E-state index in [-0.39, 0.29) is 18.0 Å². The van der Waals surface area contributed by atoms with E-state index >= 15 is 0 Å². The van der Waals surface area contributed by atoms with Gasteiger partial charge in [-0.2, -0.15) is 0 Å². The highest BCUT2D eigenvalue weighted by Gasteiger charge is 2.34. The van der Waals surface area contributed by atoms with Gasteiger partial charge in [-0.1, -0.05) is 36.0 Å². The van der Waals surface area contributed by atoms with Crippen LogP contribution < -0.4 is 21.7 Å². The molecule has 34 heavy (non-hydrogen) atoms. The molecule has 2 fully saturated rings. The van der Waals surface area contributed by atoms with Crippen molar-refractivity contribution in [2.24, 2.45) is 17.6 Å². The van der Waals surface area contributed by atoms with Gasteiger partial charge in [-0.05, 0) is 49.8 Å². The molecular formula is C23H27Cl2N5O4. The SMILES string of the molecule is NC(=O)[C@H](C[C@@H]1CCCNC1=O)NC(=O)[C@H](CC1CC1)NC(=O)c1cc2c(Cl)ccc(Cl)c2[nH]1. The molecule has 3 atom stereocenters. The zero-order chi connectivity index (χ0) is 24.4. The number of carbonyl (C=O) groups is 4. The maximum absolute atomic E-state index is 13.1. The molecule has 4 rings (SSSR count). The van der Waals surface area contributed by atoms with E-state index < -0.39 is 35.7 Å². The fraction of sp³-hybridized carbons (Fsp3) is 0.478. The summed E-state index contributed by atoms with van der Waals surface area (Å²) < 4.78 is 0. The molecule has 11 heteroatoms. The molecule has 2 aromatic rings. The number of nitrogens with one attached hydrogen (secondary N) is 4. The lowest BCUT2D eigenvalue weighted by molar-refractivity contribution is -0.131. The van der Waals surface area contributed by atoms with Crippen molar-refractivity contribution in [1.82, 2.24) is 20.9 Å². The first-order valence-electron chi connectivity index (χ1n) is 11.4. The predicted molar refractivity (Wildman–Crippen MR) is 128 cm³/mol. The van der Waals surface area contributed by atoms with Gasteiger partial charge in [0.2, 0.25) is 17.7 Å². The molecule has 2 heterocycles. The van der Waals surface area contributed by atoms with Crippen LogP contribution >= 0.6 is 23.2 Å². The lowest BCUT2D eigenvalue weighted by Gasteiger charge is -2.27. The molecule has 1 aromatic heterocycles. The highest BCUT2D eigenvalue weighted by molar-refractivity contribution is 6.40. The van der Waals surface area contributed by atoms with Crippen LogP contribution in [-0.4, -0.2) is 47.2 Å². The third-order valence-corrected chi connectivity index (χ3v) is 7.05. The second-order valence-corrected chi connectivity index (χ2v) is 9.85. The summed E-state index contributed by atoms with van der Waals surface area (Å²) in [7, 11) is 0. The Balaban J connectivity index is 1.47. The zero-order valence-corrected chi connectivity index (χ0v) is 20.0. The molecule has 1 aliphatic carbocycles. The topological polar surface area (TPSA) is 146 Å². The quantitative estimate of drug-likeness (QED) is 0.354. The number of hydrogen-bond donors (Lipinski definition) is 5. The second kappa shape index (κ2) is 10.2. The first-order valence-corrected chi connectivity index (χ1v) is 12.1. The number of benzene rings is 1. The number of piperidine rings is 1. The molecule has 182 valence electrons. The number of amides is 4. The van der Waals surface area contributed by atoms with E-state index in [0.29, 0.717) is 46.3 Å². The summed E-state index contributed by atoms with van der Waals surface area (Å²) in [5, 5.41) is 9.65. The molecular weight excluding hydrogens is 481 g/mol. The van der Waals surface area contributed by atoms with Crippen molar-refractivity contribution in [2.75, 3.05) is 6.54 Å². The first-order chi connectivity index (χ1) is 16.2. The van der Waals surface area contributed by atoms with E-state index in [2.05, 4.69) is 20.9 Å². The molecule has 6 N–H and O–H groups in total. The van der Waals surface area contributed by atoms with E-state index in [1.54, 1.807) is 18.2 Å². The minimum atomic E-state index is -1.01. The van der Waals surface area contributed by atoms with Gasteiger partial charge in [0, 0.05) is 17.8 Å². The molecule has 1 aliphatic heterocycles. The Hall–Kier alpha value is -2.78. The minimum absolute atomic E-state index is 0.121. The number of primary amides is 1. The maximum atomic E-state index is 13.1. The molecule has 0 unspecified atom stereocenters. The standard InChI is InChI=1S/C23H27Cl2N5O4/c24-14-5-6-15(25)19-13(14)10-18(28-19)23(34)30-17(8-11-3-4-11)22(33)29-16(20(26)31)9-12-2-1-7-27-21(12)32/h5-6,10-12,16-17,28H,1-4,7-9H2,(H2,26,31)(H,27,32)(H,29,33)(H,30,34)/t12-,16-,17-/m0/s1. The normalized spacial score (nSPS) is 19.8. The Morgan fingerprint density at radius 3 is 2.44 bits per heavy atom. The Bertz CT molecular complexity index is 1090. The van der Waals surface area contributed by atoms with Crippen LogP contribution in [0.1, 0.15) is 49.0 Å². The number of aromatic amines is 1. The minimum Gasteiger partial charge on any atom is -0.368 e. The van der Waals surface area contributed by atoms with E-state index in [1.165, 1.54) is 0 Å². The highest BCUT2D eigenvalue weighted by atomic mass is 35.5. The van der Waals surface area contributed by atoms with E-state index in [1.807, 2.05) is 0 Å². The van der Waals surface area contributed by atoms with Crippen LogP contribution in [0.25, 0.3) is 10.9 Å². The lowest BCUT2D eigenvalue weighted by atomic mass is 9.91. The van der Waals surface area contributed by atoms with Crippen molar-refractivity contribution in [1.29, 1.82) is 0 Å². The Morgan fingerprint density at radius 2 is 1.79 bits per heavy atom. The largest absolute Gasteiger partial charge is 0.368 e. The smallest absolute Gasteiger partial charge is 0.268 e. The summed E-state index contributed by atoms with van der Waals surface area (Å²) >= 11 is 12.4. The molecule has 0 spiro atoms. The lowest BCUT2D eigenvalue weighted by Crippen LogP contribution is -2.54. The van der Waals surface area contributed by atoms with E-state index in [4.69, 9.17) is 28.9 Å². The Morgan fingerprint density at radius 1 is 1.06 bits per heavy atom. The van der Waals surface area contributed by atoms with Crippen LogP contribution in [0.2, 0.25) is 10.0 Å². The number of carbonyl (C=O) groups excluding carboxylic acids is 4. The number of halogens is 2. The summed E-state index contributed by atoms with van der Waals surface area (Å²) in [6.45, 7) is 0.600. The van der Waals surface area contributed by atoms with Gasteiger partial charge in [-0.3, -0.25) is 19.2 Å². The molecule has 1 saturated carbocycles. The molecule has 0 radical (unpaired) electrons. The van der Waals surface area contributed by atoms with Crippen LogP contribution in [0.15, 0.2) is 18.2 Å². The summed E-state index contributed by atoms with van der Waals surface area (Å²) in [5.74, 6) is -1.95. The maximum Gasteiger partial charge on any atom is 0.268 e. The third-order valence-electron chi connectivity index (χ3n) is 6.40. The van der Waals surface area contributed by atoms with Crippen LogP contribution in [-0.2, 0) is 14.4 Å². The van der Waals surface area contributed by atoms with Gasteiger partial charge in [0.1, 0.15) is 17.8 Å². The van der Waals surface area contributed by atoms with E-state index in [9.17, 15) is 19.2 Å². The van der Waals surface area contributed by atoms with Gasteiger partial charge in [-0.25, -0.2) is 0 Å². The van der Waals surface area contributed by atoms with Crippen molar-refractivity contribution in [3.63, 3.8) is 0 Å². The van der Waals surface area contributed by atoms with Gasteiger partial charge in [0.05, 0.1) is 15.6 Å². The summed E-state index contributed by atoms with van der Waals surface area (Å²) in [4.78, 5) is 53.2. The van der Waals surface area contributed by atoms with E-state index in [0.717, 1.165) is 19.3 Å². The van der Waals surface area contributed by atoms with Gasteiger partial charge in [-0.15, -0.1) is 0 Å². The molecule has 0 bridgehead atoms. The van der Waals surface area contributed by atoms with Gasteiger partial charge >= 0.3 is 0 Å². The predicted octanol–water partition coefficient (Wildman–Crippen LogP) is 2.26. The van der Waals surface area contributed by atoms with Crippen molar-refractivity contribution < 1.29 is 19.2 Å². The summed E-state index contributed by atoms with van der Waals surface area (Å²) in [5.41, 5.74) is 6.26. The Kier molecular flexibility index (Phi) is 7.33. The summed E-state index contributed by atoms with van der Waals surface area (Å²) in [6.07, 6.45) is 3.93. The average Bonchev–Trinajstić information content (AvgIpc) is 3.49. The van der Waals surface area contributed by atoms with Gasteiger partial charge in [0.15, 0.2) is 0 Å². The first kappa shape index (κ1) is 24.3. The average molecular weight is 508 g/mol. The van der Waals surface area contributed by atoms with Gasteiger partial charge in [0.25, 0.3) is 5.91 Å². The van der Waals surface area contributed by atoms with Crippen molar-refractivity contribution in [3.8, 4) is 0 Å². The number of fused-ring (bicyclic) bond motifs is 1. The fourth-order valence-corrected chi connectivity index (χ4v) is 4.71. The summed E-state index contributed by atoms with van der Waals surface area (Å²) in [6, 6.07) is 2.98. The molecule has 9 nitrogen and oxygen atoms in total. The fourth-order valence-electron chi connectivity index (χ4n) is 4.29. The Labute approximate surface area is 206 Å². The van der Waals surface area contributed by atoms with Crippen molar-refractivity contribution >= 4 is 57.7 Å². The number of rotatable bonds is 9. The number of nitrogens with two attached hydrogens (primary N) is 1. The molecule has 1 aromatic carbocycles. The highest BCUT2D eigenvalue weighted by Crippen LogP contribution is 2.34. The molecule has 2 aliphatic rings. The molecule has 1 saturated heterocycles. The third kappa shape index (κ3) is 5.64. The van der Waals surface area contributed by atoms with Crippen LogP contribution in [0.3, 0.4) is 0 Å². The van der Waals surface area contributed by atoms with Crippen molar-refractivity contribution in [3.05, 3.63) is 33.9 Å². The van der Waals surface area contributed by atoms with Crippen LogP contribution in [0, 0.1) is 11.8 Å². The monoisotopic (exact) mass is 507 g/mol. The number of H-pyrrole nitrogens is 1.